The molecule has 202 valence electrons. The number of pyridine rings is 1. The summed E-state index contributed by atoms with van der Waals surface area (Å²) in [6.07, 6.45) is -0.590. The molecule has 1 aliphatic carbocycles. The van der Waals surface area contributed by atoms with Crippen LogP contribution in [0.15, 0.2) is 41.1 Å². The molecule has 0 bridgehead atoms. The average Bonchev–Trinajstić information content (AvgIpc) is 3.42. The highest BCUT2D eigenvalue weighted by atomic mass is 79.9. The number of ether oxygens (including phenoxy) is 1. The average molecular weight is 627 g/mol. The number of nitrogens with two attached hydrogens (primary N) is 1. The lowest BCUT2D eigenvalue weighted by Crippen LogP contribution is -2.24. The molecule has 0 aliphatic heterocycles. The number of aromatic nitrogens is 5. The second kappa shape index (κ2) is 9.96. The zero-order valence-electron chi connectivity index (χ0n) is 19.5. The summed E-state index contributed by atoms with van der Waals surface area (Å²) < 4.78 is 47.6. The normalized spacial score (nSPS) is 13.5. The Hall–Kier alpha value is -3.98. The molecule has 0 unspecified atom stereocenters. The molecular weight excluding hydrogens is 611 g/mol. The number of primary amides is 1. The van der Waals surface area contributed by atoms with Gasteiger partial charge in [-0.1, -0.05) is 11.6 Å². The predicted molar refractivity (Wildman–Crippen MR) is 135 cm³/mol. The number of alkyl halides is 3. The Balaban J connectivity index is 1.64. The summed E-state index contributed by atoms with van der Waals surface area (Å²) >= 11 is 9.39. The number of hydrogen-bond acceptors (Lipinski definition) is 7. The van der Waals surface area contributed by atoms with E-state index in [0.717, 1.165) is 17.5 Å². The largest absolute Gasteiger partial charge is 0.462 e. The molecule has 39 heavy (non-hydrogen) atoms. The fourth-order valence-corrected chi connectivity index (χ4v) is 4.50. The van der Waals surface area contributed by atoms with Crippen LogP contribution in [-0.4, -0.2) is 49.1 Å². The lowest BCUT2D eigenvalue weighted by Gasteiger charge is -2.15. The maximum Gasteiger partial charge on any atom is 0.435 e. The number of carbonyl (C=O) groups is 3. The van der Waals surface area contributed by atoms with Crippen molar-refractivity contribution in [3.63, 3.8) is 0 Å². The van der Waals surface area contributed by atoms with Gasteiger partial charge in [-0.05, 0) is 52.9 Å². The van der Waals surface area contributed by atoms with Gasteiger partial charge in [0.1, 0.15) is 11.3 Å². The van der Waals surface area contributed by atoms with Gasteiger partial charge < -0.3 is 15.8 Å². The van der Waals surface area contributed by atoms with Gasteiger partial charge in [-0.25, -0.2) is 19.3 Å². The summed E-state index contributed by atoms with van der Waals surface area (Å²) in [6, 6.07) is 3.77. The smallest absolute Gasteiger partial charge is 0.435 e. The van der Waals surface area contributed by atoms with Crippen molar-refractivity contribution in [3.8, 4) is 5.82 Å². The maximum absolute atomic E-state index is 13.6. The number of esters is 1. The molecule has 0 radical (unpaired) electrons. The van der Waals surface area contributed by atoms with Crippen LogP contribution >= 0.6 is 27.5 Å². The highest BCUT2D eigenvalue weighted by molar-refractivity contribution is 9.10. The summed E-state index contributed by atoms with van der Waals surface area (Å²) in [7, 11) is 0. The van der Waals surface area contributed by atoms with E-state index in [1.54, 1.807) is 0 Å². The molecule has 2 amide bonds. The number of hydrogen-bond donors (Lipinski definition) is 2. The van der Waals surface area contributed by atoms with E-state index in [1.165, 1.54) is 30.6 Å². The lowest BCUT2D eigenvalue weighted by atomic mass is 10.1. The van der Waals surface area contributed by atoms with Crippen LogP contribution in [0.3, 0.4) is 0 Å². The van der Waals surface area contributed by atoms with Crippen LogP contribution in [-0.2, 0) is 10.9 Å². The molecule has 3 N–H and O–H groups in total. The van der Waals surface area contributed by atoms with E-state index >= 15 is 0 Å². The Bertz CT molecular complexity index is 1650. The summed E-state index contributed by atoms with van der Waals surface area (Å²) in [4.78, 5) is 42.7. The van der Waals surface area contributed by atoms with Crippen molar-refractivity contribution in [1.82, 2.24) is 24.5 Å². The third-order valence-corrected chi connectivity index (χ3v) is 6.70. The van der Waals surface area contributed by atoms with Gasteiger partial charge in [0.25, 0.3) is 5.91 Å². The number of halogens is 5. The van der Waals surface area contributed by atoms with Gasteiger partial charge >= 0.3 is 18.2 Å². The fraction of sp³-hybridized carbons (Fsp3) is 0.217. The molecule has 11 nitrogen and oxygen atoms in total. The summed E-state index contributed by atoms with van der Waals surface area (Å²) in [5.41, 5.74) is 2.94. The number of nitrogens with one attached hydrogen (secondary N) is 1. The first-order valence-electron chi connectivity index (χ1n) is 11.2. The van der Waals surface area contributed by atoms with E-state index in [-0.39, 0.29) is 44.6 Å². The number of benzene rings is 1. The first-order valence-corrected chi connectivity index (χ1v) is 12.4. The van der Waals surface area contributed by atoms with E-state index in [4.69, 9.17) is 22.1 Å². The van der Waals surface area contributed by atoms with Crippen molar-refractivity contribution in [2.75, 3.05) is 11.9 Å². The minimum atomic E-state index is -4.90. The van der Waals surface area contributed by atoms with Crippen LogP contribution in [0.2, 0.25) is 5.02 Å². The number of amides is 2. The van der Waals surface area contributed by atoms with Gasteiger partial charge in [-0.15, -0.1) is 0 Å². The minimum absolute atomic E-state index is 0.0564. The Kier molecular flexibility index (Phi) is 6.80. The molecule has 1 aliphatic rings. The van der Waals surface area contributed by atoms with E-state index in [9.17, 15) is 27.6 Å². The molecule has 0 spiro atoms. The molecule has 0 atom stereocenters. The molecule has 16 heteroatoms. The SMILES string of the molecule is NC(=O)n1ncc2cc(Br)c(NC(=O)c3cc(C(F)(F)F)nn3-c3ncccc3Cl)c(C(=O)OCC3CC3)c21. The van der Waals surface area contributed by atoms with E-state index in [2.05, 4.69) is 36.4 Å². The molecule has 5 rings (SSSR count). The number of anilines is 1. The van der Waals surface area contributed by atoms with Gasteiger partial charge in [0.05, 0.1) is 29.0 Å². The van der Waals surface area contributed by atoms with Crippen LogP contribution in [0.1, 0.15) is 39.4 Å². The van der Waals surface area contributed by atoms with E-state index in [0.29, 0.717) is 16.1 Å². The first kappa shape index (κ1) is 26.6. The van der Waals surface area contributed by atoms with Gasteiger partial charge in [0.2, 0.25) is 0 Å². The van der Waals surface area contributed by atoms with Crippen LogP contribution < -0.4 is 11.1 Å². The van der Waals surface area contributed by atoms with Gasteiger partial charge in [0.15, 0.2) is 11.5 Å². The van der Waals surface area contributed by atoms with Gasteiger partial charge in [0, 0.05) is 22.1 Å². The molecule has 1 saturated carbocycles. The summed E-state index contributed by atoms with van der Waals surface area (Å²) in [5.74, 6) is -2.04. The van der Waals surface area contributed by atoms with E-state index in [1.807, 2.05) is 0 Å². The Morgan fingerprint density at radius 1 is 1.26 bits per heavy atom. The third-order valence-electron chi connectivity index (χ3n) is 5.78. The van der Waals surface area contributed by atoms with Crippen LogP contribution in [0.25, 0.3) is 16.7 Å². The molecule has 1 aromatic carbocycles. The van der Waals surface area contributed by atoms with E-state index < -0.39 is 35.5 Å². The minimum Gasteiger partial charge on any atom is -0.462 e. The molecule has 3 aromatic heterocycles. The summed E-state index contributed by atoms with van der Waals surface area (Å²) in [5, 5.41) is 10.1. The quantitative estimate of drug-likeness (QED) is 0.292. The maximum atomic E-state index is 13.6. The highest BCUT2D eigenvalue weighted by Gasteiger charge is 2.37. The number of fused-ring (bicyclic) bond motifs is 1. The standard InChI is InChI=1S/C23H16BrClF3N7O4/c24-12-6-11-8-31-35(22(29)38)18(11)16(21(37)39-9-10-3-4-10)17(12)32-20(36)14-7-15(23(26,27)28)33-34(14)19-13(25)2-1-5-30-19/h1-2,5-8,10H,3-4,9H2,(H2,29,38)(H,32,36). The van der Waals surface area contributed by atoms with Crippen molar-refractivity contribution < 1.29 is 32.3 Å². The molecule has 1 fully saturated rings. The number of carbonyl (C=O) groups excluding carboxylic acids is 3. The number of nitrogens with zero attached hydrogens (tertiary/aromatic N) is 5. The predicted octanol–water partition coefficient (Wildman–Crippen LogP) is 4.80. The first-order chi connectivity index (χ1) is 18.5. The topological polar surface area (TPSA) is 147 Å². The van der Waals surface area contributed by atoms with Crippen molar-refractivity contribution in [1.29, 1.82) is 0 Å². The van der Waals surface area contributed by atoms with Crippen molar-refractivity contribution >= 4 is 62.0 Å². The van der Waals surface area contributed by atoms with Crippen LogP contribution in [0.5, 0.6) is 0 Å². The molecule has 4 aromatic rings. The fourth-order valence-electron chi connectivity index (χ4n) is 3.76. The Morgan fingerprint density at radius 3 is 2.64 bits per heavy atom. The molecule has 0 saturated heterocycles. The third kappa shape index (κ3) is 5.18. The second-order valence-corrected chi connectivity index (χ2v) is 9.83. The van der Waals surface area contributed by atoms with Gasteiger partial charge in [-0.2, -0.15) is 28.1 Å². The zero-order chi connectivity index (χ0) is 28.1. The second-order valence-electron chi connectivity index (χ2n) is 8.57. The van der Waals surface area contributed by atoms with Crippen LogP contribution in [0.4, 0.5) is 23.7 Å². The number of rotatable bonds is 6. The summed E-state index contributed by atoms with van der Waals surface area (Å²) in [6.45, 7) is 0.102. The van der Waals surface area contributed by atoms with Crippen LogP contribution in [0, 0.1) is 5.92 Å². The molecular formula is C23H16BrClF3N7O4. The Labute approximate surface area is 230 Å². The lowest BCUT2D eigenvalue weighted by molar-refractivity contribution is -0.141. The monoisotopic (exact) mass is 625 g/mol. The van der Waals surface area contributed by atoms with Crippen molar-refractivity contribution in [3.05, 3.63) is 63.1 Å². The highest BCUT2D eigenvalue weighted by Crippen LogP contribution is 2.37. The zero-order valence-corrected chi connectivity index (χ0v) is 21.8. The molecule has 3 heterocycles. The Morgan fingerprint density at radius 2 is 2.00 bits per heavy atom. The van der Waals surface area contributed by atoms with Gasteiger partial charge in [-0.3, -0.25) is 4.79 Å². The van der Waals surface area contributed by atoms with Crippen molar-refractivity contribution in [2.24, 2.45) is 11.7 Å². The van der Waals surface area contributed by atoms with Crippen molar-refractivity contribution in [2.45, 2.75) is 19.0 Å².